The summed E-state index contributed by atoms with van der Waals surface area (Å²) in [6, 6.07) is 0. The van der Waals surface area contributed by atoms with Crippen LogP contribution in [0.2, 0.25) is 0 Å². The molecule has 1 N–H and O–H groups in total. The first-order chi connectivity index (χ1) is 10.4. The fourth-order valence-corrected chi connectivity index (χ4v) is 3.79. The molecule has 0 aromatic heterocycles. The van der Waals surface area contributed by atoms with Crippen LogP contribution < -0.4 is 5.32 Å². The zero-order chi connectivity index (χ0) is 14.8. The van der Waals surface area contributed by atoms with Crippen LogP contribution in [-0.4, -0.2) is 62.2 Å². The largest absolute Gasteiger partial charge is 0.317 e. The number of hydrogen-bond acceptors (Lipinski definition) is 3. The molecular formula is C18H37N3. The van der Waals surface area contributed by atoms with Crippen LogP contribution in [0, 0.1) is 5.92 Å². The Morgan fingerprint density at radius 2 is 1.62 bits per heavy atom. The van der Waals surface area contributed by atoms with E-state index in [1.807, 2.05) is 0 Å². The predicted molar refractivity (Wildman–Crippen MR) is 91.8 cm³/mol. The van der Waals surface area contributed by atoms with E-state index >= 15 is 0 Å². The van der Waals surface area contributed by atoms with Gasteiger partial charge < -0.3 is 15.1 Å². The number of likely N-dealkylation sites (tertiary alicyclic amines) is 2. The van der Waals surface area contributed by atoms with Crippen molar-refractivity contribution >= 4 is 0 Å². The van der Waals surface area contributed by atoms with Crippen LogP contribution in [-0.2, 0) is 0 Å². The number of nitrogens with zero attached hydrogens (tertiary/aromatic N) is 2. The summed E-state index contributed by atoms with van der Waals surface area (Å²) >= 11 is 0. The van der Waals surface area contributed by atoms with E-state index in [0.717, 1.165) is 5.92 Å². The lowest BCUT2D eigenvalue weighted by Crippen LogP contribution is -2.38. The number of hydrogen-bond donors (Lipinski definition) is 1. The van der Waals surface area contributed by atoms with Crippen LogP contribution in [0.4, 0.5) is 0 Å². The molecule has 0 amide bonds. The molecule has 2 heterocycles. The summed E-state index contributed by atoms with van der Waals surface area (Å²) in [5.74, 6) is 0.984. The maximum Gasteiger partial charge on any atom is 0.00106 e. The summed E-state index contributed by atoms with van der Waals surface area (Å²) < 4.78 is 0. The lowest BCUT2D eigenvalue weighted by molar-refractivity contribution is 0.152. The molecule has 0 atom stereocenters. The molecule has 3 nitrogen and oxygen atoms in total. The highest BCUT2D eigenvalue weighted by Crippen LogP contribution is 2.20. The number of rotatable bonds is 10. The van der Waals surface area contributed by atoms with E-state index in [1.165, 1.54) is 104 Å². The van der Waals surface area contributed by atoms with E-state index < -0.39 is 0 Å². The van der Waals surface area contributed by atoms with Gasteiger partial charge in [0.15, 0.2) is 0 Å². The highest BCUT2D eigenvalue weighted by Gasteiger charge is 2.22. The van der Waals surface area contributed by atoms with E-state index in [4.69, 9.17) is 0 Å². The fraction of sp³-hybridized carbons (Fsp3) is 1.00. The van der Waals surface area contributed by atoms with Crippen molar-refractivity contribution in [3.63, 3.8) is 0 Å². The monoisotopic (exact) mass is 295 g/mol. The van der Waals surface area contributed by atoms with E-state index in [-0.39, 0.29) is 0 Å². The van der Waals surface area contributed by atoms with Crippen LogP contribution in [0.25, 0.3) is 0 Å². The van der Waals surface area contributed by atoms with Gasteiger partial charge in [-0.05, 0) is 96.7 Å². The average molecular weight is 296 g/mol. The topological polar surface area (TPSA) is 18.5 Å². The van der Waals surface area contributed by atoms with Crippen molar-refractivity contribution in [3.05, 3.63) is 0 Å². The van der Waals surface area contributed by atoms with Crippen molar-refractivity contribution in [2.24, 2.45) is 5.92 Å². The predicted octanol–water partition coefficient (Wildman–Crippen LogP) is 2.96. The molecule has 0 bridgehead atoms. The zero-order valence-electron chi connectivity index (χ0n) is 14.3. The second-order valence-electron chi connectivity index (χ2n) is 7.10. The Hall–Kier alpha value is -0.120. The van der Waals surface area contributed by atoms with Crippen LogP contribution >= 0.6 is 0 Å². The summed E-state index contributed by atoms with van der Waals surface area (Å²) in [4.78, 5) is 5.41. The molecule has 21 heavy (non-hydrogen) atoms. The third-order valence-electron chi connectivity index (χ3n) is 5.18. The van der Waals surface area contributed by atoms with E-state index in [1.54, 1.807) is 0 Å². The molecule has 0 unspecified atom stereocenters. The third-order valence-corrected chi connectivity index (χ3v) is 5.18. The van der Waals surface area contributed by atoms with Crippen molar-refractivity contribution in [1.29, 1.82) is 0 Å². The quantitative estimate of drug-likeness (QED) is 0.625. The van der Waals surface area contributed by atoms with Gasteiger partial charge in [-0.3, -0.25) is 0 Å². The number of unbranched alkanes of at least 4 members (excludes halogenated alkanes) is 2. The highest BCUT2D eigenvalue weighted by atomic mass is 15.2. The zero-order valence-corrected chi connectivity index (χ0v) is 14.3. The van der Waals surface area contributed by atoms with Gasteiger partial charge in [0, 0.05) is 6.54 Å². The molecule has 0 aromatic rings. The molecule has 0 aliphatic carbocycles. The first-order valence-corrected chi connectivity index (χ1v) is 9.54. The molecule has 2 aliphatic rings. The summed E-state index contributed by atoms with van der Waals surface area (Å²) in [7, 11) is 0. The summed E-state index contributed by atoms with van der Waals surface area (Å²) in [6.07, 6.45) is 11.1. The normalized spacial score (nSPS) is 22.1. The second-order valence-corrected chi connectivity index (χ2v) is 7.10. The first kappa shape index (κ1) is 17.2. The van der Waals surface area contributed by atoms with E-state index in [0.29, 0.717) is 0 Å². The lowest BCUT2D eigenvalue weighted by Gasteiger charge is -2.33. The van der Waals surface area contributed by atoms with Gasteiger partial charge in [0.2, 0.25) is 0 Å². The van der Waals surface area contributed by atoms with Gasteiger partial charge in [-0.2, -0.15) is 0 Å². The van der Waals surface area contributed by atoms with Crippen LogP contribution in [0.1, 0.15) is 58.3 Å². The molecule has 0 saturated carbocycles. The van der Waals surface area contributed by atoms with Crippen molar-refractivity contribution in [1.82, 2.24) is 15.1 Å². The van der Waals surface area contributed by atoms with E-state index in [9.17, 15) is 0 Å². The lowest BCUT2D eigenvalue weighted by atomic mass is 9.96. The van der Waals surface area contributed by atoms with Gasteiger partial charge >= 0.3 is 0 Å². The van der Waals surface area contributed by atoms with Crippen LogP contribution in [0.15, 0.2) is 0 Å². The maximum atomic E-state index is 3.50. The molecule has 0 radical (unpaired) electrons. The average Bonchev–Trinajstić information content (AvgIpc) is 3.01. The SMILES string of the molecule is CCCNCCCCCN1CCC(CN2CCCC2)CC1. The molecule has 124 valence electrons. The van der Waals surface area contributed by atoms with Crippen LogP contribution in [0.3, 0.4) is 0 Å². The van der Waals surface area contributed by atoms with E-state index in [2.05, 4.69) is 22.0 Å². The summed E-state index contributed by atoms with van der Waals surface area (Å²) in [6.45, 7) is 12.8. The van der Waals surface area contributed by atoms with Gasteiger partial charge in [-0.1, -0.05) is 13.3 Å². The summed E-state index contributed by atoms with van der Waals surface area (Å²) in [5.41, 5.74) is 0. The number of nitrogens with one attached hydrogen (secondary N) is 1. The third kappa shape index (κ3) is 7.12. The molecular weight excluding hydrogens is 258 g/mol. The summed E-state index contributed by atoms with van der Waals surface area (Å²) in [5, 5.41) is 3.50. The number of piperidine rings is 1. The molecule has 2 rings (SSSR count). The molecule has 2 saturated heterocycles. The molecule has 0 spiro atoms. The minimum atomic E-state index is 0.984. The Balaban J connectivity index is 1.43. The Bertz CT molecular complexity index is 243. The van der Waals surface area contributed by atoms with Gasteiger partial charge in [-0.15, -0.1) is 0 Å². The van der Waals surface area contributed by atoms with Crippen molar-refractivity contribution in [2.75, 3.05) is 52.4 Å². The first-order valence-electron chi connectivity index (χ1n) is 9.54. The van der Waals surface area contributed by atoms with Gasteiger partial charge in [0.1, 0.15) is 0 Å². The Labute approximate surface area is 132 Å². The van der Waals surface area contributed by atoms with Crippen LogP contribution in [0.5, 0.6) is 0 Å². The van der Waals surface area contributed by atoms with Crippen molar-refractivity contribution < 1.29 is 0 Å². The van der Waals surface area contributed by atoms with Gasteiger partial charge in [0.05, 0.1) is 0 Å². The maximum absolute atomic E-state index is 3.50. The van der Waals surface area contributed by atoms with Crippen molar-refractivity contribution in [3.8, 4) is 0 Å². The molecule has 0 aromatic carbocycles. The van der Waals surface area contributed by atoms with Gasteiger partial charge in [0.25, 0.3) is 0 Å². The smallest absolute Gasteiger partial charge is 0.00106 e. The van der Waals surface area contributed by atoms with Gasteiger partial charge in [-0.25, -0.2) is 0 Å². The minimum Gasteiger partial charge on any atom is -0.317 e. The molecule has 3 heteroatoms. The molecule has 2 fully saturated rings. The fourth-order valence-electron chi connectivity index (χ4n) is 3.79. The Morgan fingerprint density at radius 1 is 0.857 bits per heavy atom. The standard InChI is InChI=1S/C18H37N3/c1-2-10-19-11-4-3-5-12-20-15-8-18(9-16-20)17-21-13-6-7-14-21/h18-19H,2-17H2,1H3. The Kier molecular flexibility index (Phi) is 8.68. The minimum absolute atomic E-state index is 0.984. The Morgan fingerprint density at radius 3 is 2.33 bits per heavy atom. The molecule has 2 aliphatic heterocycles. The second kappa shape index (κ2) is 10.6. The highest BCUT2D eigenvalue weighted by molar-refractivity contribution is 4.77. The van der Waals surface area contributed by atoms with Crippen molar-refractivity contribution in [2.45, 2.75) is 58.3 Å².